The molecule has 0 aliphatic carbocycles. The van der Waals surface area contributed by atoms with Crippen LogP contribution in [-0.4, -0.2) is 21.4 Å². The van der Waals surface area contributed by atoms with Gasteiger partial charge in [-0.3, -0.25) is 4.57 Å². The van der Waals surface area contributed by atoms with Gasteiger partial charge in [0.1, 0.15) is 5.82 Å². The van der Waals surface area contributed by atoms with Crippen LogP contribution in [0.3, 0.4) is 0 Å². The van der Waals surface area contributed by atoms with Crippen molar-refractivity contribution < 1.29 is 0 Å². The van der Waals surface area contributed by atoms with Crippen molar-refractivity contribution in [3.8, 4) is 5.69 Å². The van der Waals surface area contributed by atoms with Gasteiger partial charge in [0.15, 0.2) is 0 Å². The van der Waals surface area contributed by atoms with E-state index in [1.807, 2.05) is 86.8 Å². The highest BCUT2D eigenvalue weighted by Crippen LogP contribution is 2.23. The van der Waals surface area contributed by atoms with E-state index < -0.39 is 0 Å². The minimum absolute atomic E-state index is 0.134. The summed E-state index contributed by atoms with van der Waals surface area (Å²) in [6.45, 7) is 2.37. The fraction of sp³-hybridized carbons (Fsp3) is 0.130. The summed E-state index contributed by atoms with van der Waals surface area (Å²) in [4.78, 5) is 15.0. The Bertz CT molecular complexity index is 1110. The Balaban J connectivity index is 1.61. The first-order valence-electron chi connectivity index (χ1n) is 9.23. The highest BCUT2D eigenvalue weighted by Gasteiger charge is 2.12. The van der Waals surface area contributed by atoms with Crippen molar-refractivity contribution in [2.45, 2.75) is 13.5 Å². The van der Waals surface area contributed by atoms with Crippen LogP contribution in [0.5, 0.6) is 0 Å². The third-order valence-corrected chi connectivity index (χ3v) is 4.86. The topological polar surface area (TPSA) is 43.1 Å². The Morgan fingerprint density at radius 3 is 2.04 bits per heavy atom. The van der Waals surface area contributed by atoms with Crippen LogP contribution in [-0.2, 0) is 6.54 Å². The van der Waals surface area contributed by atoms with E-state index in [4.69, 9.17) is 0 Å². The second-order valence-corrected chi connectivity index (χ2v) is 6.72. The Morgan fingerprint density at radius 2 is 1.39 bits per heavy atom. The van der Waals surface area contributed by atoms with Crippen LogP contribution >= 0.6 is 0 Å². The lowest BCUT2D eigenvalue weighted by atomic mass is 10.2. The summed E-state index contributed by atoms with van der Waals surface area (Å²) in [5, 5.41) is 4.46. The molecule has 0 aliphatic heterocycles. The first kappa shape index (κ1) is 17.8. The van der Waals surface area contributed by atoms with Crippen molar-refractivity contribution in [2.24, 2.45) is 0 Å². The molecular weight excluding hydrogens is 348 g/mol. The summed E-state index contributed by atoms with van der Waals surface area (Å²) in [6, 6.07) is 28.0. The number of nitrogens with zero attached hydrogens (tertiary/aromatic N) is 4. The average Bonchev–Trinajstić information content (AvgIpc) is 3.03. The molecule has 0 radical (unpaired) electrons. The quantitative estimate of drug-likeness (QED) is 0.530. The minimum Gasteiger partial charge on any atom is -0.345 e. The van der Waals surface area contributed by atoms with Gasteiger partial charge in [0, 0.05) is 18.4 Å². The molecule has 1 aromatic heterocycles. The molecule has 0 fully saturated rings. The first-order valence-corrected chi connectivity index (χ1v) is 9.23. The predicted molar refractivity (Wildman–Crippen MR) is 113 cm³/mol. The van der Waals surface area contributed by atoms with Crippen molar-refractivity contribution in [1.29, 1.82) is 0 Å². The maximum Gasteiger partial charge on any atom is 0.351 e. The summed E-state index contributed by atoms with van der Waals surface area (Å²) in [5.41, 5.74) is 3.85. The van der Waals surface area contributed by atoms with Gasteiger partial charge < -0.3 is 4.90 Å². The number of hydrogen-bond acceptors (Lipinski definition) is 3. The Kier molecular flexibility index (Phi) is 4.81. The lowest BCUT2D eigenvalue weighted by molar-refractivity contribution is 0.723. The van der Waals surface area contributed by atoms with E-state index in [-0.39, 0.29) is 5.69 Å². The smallest absolute Gasteiger partial charge is 0.345 e. The first-order chi connectivity index (χ1) is 13.6. The van der Waals surface area contributed by atoms with Crippen LogP contribution in [0.4, 0.5) is 11.4 Å². The fourth-order valence-corrected chi connectivity index (χ4v) is 3.23. The lowest BCUT2D eigenvalue weighted by Crippen LogP contribution is -2.24. The SMILES string of the molecule is Cc1nn(-c2ccc(N(C)c3ccccc3)cc2)c(=O)n1Cc1ccccc1. The molecule has 0 saturated carbocycles. The molecule has 0 atom stereocenters. The zero-order chi connectivity index (χ0) is 19.5. The van der Waals surface area contributed by atoms with Gasteiger partial charge in [0.25, 0.3) is 0 Å². The zero-order valence-electron chi connectivity index (χ0n) is 16.0. The molecular formula is C23H22N4O. The molecule has 4 rings (SSSR count). The predicted octanol–water partition coefficient (Wildman–Crippen LogP) is 4.16. The second-order valence-electron chi connectivity index (χ2n) is 6.72. The highest BCUT2D eigenvalue weighted by molar-refractivity contribution is 5.63. The van der Waals surface area contributed by atoms with Crippen LogP contribution in [0.15, 0.2) is 89.7 Å². The molecule has 5 nitrogen and oxygen atoms in total. The zero-order valence-corrected chi connectivity index (χ0v) is 16.0. The van der Waals surface area contributed by atoms with E-state index in [9.17, 15) is 4.79 Å². The highest BCUT2D eigenvalue weighted by atomic mass is 16.2. The van der Waals surface area contributed by atoms with Crippen molar-refractivity contribution in [1.82, 2.24) is 14.3 Å². The van der Waals surface area contributed by atoms with E-state index >= 15 is 0 Å². The van der Waals surface area contributed by atoms with Crippen molar-refractivity contribution >= 4 is 11.4 Å². The van der Waals surface area contributed by atoms with Gasteiger partial charge in [0.05, 0.1) is 12.2 Å². The number of hydrogen-bond donors (Lipinski definition) is 0. The van der Waals surface area contributed by atoms with Crippen LogP contribution in [0.2, 0.25) is 0 Å². The average molecular weight is 370 g/mol. The number of para-hydroxylation sites is 1. The fourth-order valence-electron chi connectivity index (χ4n) is 3.23. The summed E-state index contributed by atoms with van der Waals surface area (Å²) >= 11 is 0. The van der Waals surface area contributed by atoms with E-state index in [1.54, 1.807) is 4.57 Å². The van der Waals surface area contributed by atoms with Crippen LogP contribution < -0.4 is 10.6 Å². The van der Waals surface area contributed by atoms with E-state index in [0.29, 0.717) is 12.4 Å². The number of anilines is 2. The monoisotopic (exact) mass is 370 g/mol. The van der Waals surface area contributed by atoms with Crippen LogP contribution in [0.1, 0.15) is 11.4 Å². The van der Waals surface area contributed by atoms with Gasteiger partial charge in [-0.15, -0.1) is 0 Å². The summed E-state index contributed by atoms with van der Waals surface area (Å²) in [7, 11) is 2.02. The molecule has 4 aromatic rings. The van der Waals surface area contributed by atoms with Crippen molar-refractivity contribution in [3.05, 3.63) is 107 Å². The van der Waals surface area contributed by atoms with E-state index in [1.165, 1.54) is 4.68 Å². The van der Waals surface area contributed by atoms with E-state index in [0.717, 1.165) is 22.6 Å². The molecule has 140 valence electrons. The number of benzene rings is 3. The molecule has 0 amide bonds. The Labute approximate surface area is 164 Å². The van der Waals surface area contributed by atoms with Gasteiger partial charge >= 0.3 is 5.69 Å². The van der Waals surface area contributed by atoms with Gasteiger partial charge in [-0.1, -0.05) is 48.5 Å². The van der Waals surface area contributed by atoms with Crippen molar-refractivity contribution in [3.63, 3.8) is 0 Å². The Hall–Kier alpha value is -3.60. The maximum absolute atomic E-state index is 12.9. The largest absolute Gasteiger partial charge is 0.351 e. The van der Waals surface area contributed by atoms with Gasteiger partial charge in [-0.25, -0.2) is 4.79 Å². The minimum atomic E-state index is -0.134. The van der Waals surface area contributed by atoms with Crippen molar-refractivity contribution in [2.75, 3.05) is 11.9 Å². The van der Waals surface area contributed by atoms with Gasteiger partial charge in [0.2, 0.25) is 0 Å². The van der Waals surface area contributed by atoms with Crippen LogP contribution in [0.25, 0.3) is 5.69 Å². The summed E-state index contributed by atoms with van der Waals surface area (Å²) < 4.78 is 3.16. The standard InChI is InChI=1S/C23H22N4O/c1-18-24-27(23(28)26(18)17-19-9-5-3-6-10-19)22-15-13-21(14-16-22)25(2)20-11-7-4-8-12-20/h3-16H,17H2,1-2H3. The number of aromatic nitrogens is 3. The van der Waals surface area contributed by atoms with Gasteiger partial charge in [-0.2, -0.15) is 9.78 Å². The normalized spacial score (nSPS) is 10.8. The molecule has 0 unspecified atom stereocenters. The molecule has 0 saturated heterocycles. The number of rotatable bonds is 5. The maximum atomic E-state index is 12.9. The third-order valence-electron chi connectivity index (χ3n) is 4.86. The summed E-state index contributed by atoms with van der Waals surface area (Å²) in [5.74, 6) is 0.694. The molecule has 3 aromatic carbocycles. The summed E-state index contributed by atoms with van der Waals surface area (Å²) in [6.07, 6.45) is 0. The second kappa shape index (κ2) is 7.56. The molecule has 0 spiro atoms. The molecule has 1 heterocycles. The molecule has 0 N–H and O–H groups in total. The van der Waals surface area contributed by atoms with Gasteiger partial charge in [-0.05, 0) is 48.9 Å². The van der Waals surface area contributed by atoms with Crippen LogP contribution in [0, 0.1) is 6.92 Å². The Morgan fingerprint density at radius 1 is 0.821 bits per heavy atom. The third kappa shape index (κ3) is 3.47. The molecule has 5 heteroatoms. The molecule has 0 aliphatic rings. The lowest BCUT2D eigenvalue weighted by Gasteiger charge is -2.19. The van der Waals surface area contributed by atoms with E-state index in [2.05, 4.69) is 22.1 Å². The number of aryl methyl sites for hydroxylation is 1. The molecule has 0 bridgehead atoms. The molecule has 28 heavy (non-hydrogen) atoms.